The summed E-state index contributed by atoms with van der Waals surface area (Å²) >= 11 is 0. The van der Waals surface area contributed by atoms with Crippen LogP contribution in [-0.2, 0) is 29.0 Å². The van der Waals surface area contributed by atoms with Gasteiger partial charge in [0.25, 0.3) is 5.91 Å². The van der Waals surface area contributed by atoms with Crippen molar-refractivity contribution >= 4 is 17.7 Å². The number of nitrogens with zero attached hydrogens (tertiary/aromatic N) is 4. The van der Waals surface area contributed by atoms with Crippen LogP contribution in [0.4, 0.5) is 0 Å². The van der Waals surface area contributed by atoms with Crippen molar-refractivity contribution in [2.24, 2.45) is 11.3 Å². The van der Waals surface area contributed by atoms with Crippen LogP contribution in [0.2, 0.25) is 0 Å². The Morgan fingerprint density at radius 1 is 1.10 bits per heavy atom. The molecule has 3 atom stereocenters. The van der Waals surface area contributed by atoms with Gasteiger partial charge in [0, 0.05) is 50.8 Å². The van der Waals surface area contributed by atoms with E-state index in [4.69, 9.17) is 4.98 Å². The molecule has 1 aromatic heterocycles. The molecule has 218 valence electrons. The zero-order chi connectivity index (χ0) is 28.9. The van der Waals surface area contributed by atoms with Crippen molar-refractivity contribution < 1.29 is 14.4 Å². The Morgan fingerprint density at radius 3 is 2.52 bits per heavy atom. The summed E-state index contributed by atoms with van der Waals surface area (Å²) in [6, 6.07) is 9.47. The number of imidazole rings is 1. The van der Waals surface area contributed by atoms with Crippen LogP contribution in [0.15, 0.2) is 36.5 Å². The molecule has 0 saturated carbocycles. The van der Waals surface area contributed by atoms with Gasteiger partial charge < -0.3 is 19.7 Å². The molecule has 8 nitrogen and oxygen atoms in total. The molecule has 4 rings (SSSR count). The zero-order valence-corrected chi connectivity index (χ0v) is 25.0. The van der Waals surface area contributed by atoms with Gasteiger partial charge in [0.2, 0.25) is 11.8 Å². The van der Waals surface area contributed by atoms with Crippen LogP contribution in [0.3, 0.4) is 0 Å². The number of amides is 3. The van der Waals surface area contributed by atoms with Crippen LogP contribution in [0, 0.1) is 11.3 Å². The highest BCUT2D eigenvalue weighted by Gasteiger charge is 2.41. The second-order valence-electron chi connectivity index (χ2n) is 12.6. The monoisotopic (exact) mass is 549 g/mol. The number of rotatable bonds is 10. The van der Waals surface area contributed by atoms with E-state index in [0.29, 0.717) is 25.3 Å². The number of carbonyl (C=O) groups excluding carboxylic acids is 3. The molecule has 0 unspecified atom stereocenters. The molecule has 0 spiro atoms. The molecule has 3 heterocycles. The second kappa shape index (κ2) is 13.0. The summed E-state index contributed by atoms with van der Waals surface area (Å²) in [6.07, 6.45) is 8.18. The number of aromatic nitrogens is 2. The Morgan fingerprint density at radius 2 is 1.85 bits per heavy atom. The summed E-state index contributed by atoms with van der Waals surface area (Å²) in [6.45, 7) is 12.4. The molecule has 0 bridgehead atoms. The van der Waals surface area contributed by atoms with Gasteiger partial charge in [-0.3, -0.25) is 14.4 Å². The van der Waals surface area contributed by atoms with E-state index in [9.17, 15) is 14.4 Å². The Hall–Kier alpha value is -3.16. The lowest BCUT2D eigenvalue weighted by Gasteiger charge is -2.37. The van der Waals surface area contributed by atoms with Crippen molar-refractivity contribution in [3.8, 4) is 0 Å². The summed E-state index contributed by atoms with van der Waals surface area (Å²) in [4.78, 5) is 49.2. The Kier molecular flexibility index (Phi) is 9.69. The lowest BCUT2D eigenvalue weighted by molar-refractivity contribution is -0.141. The standard InChI is InChI=1S/C32H47N5O3/c1-6-23(2)29(38)34-28(32(3,4)5)31(40)37-19-12-15-25(37)21-36(20-17-24-13-8-7-9-14-24)30(39)26-22-35-18-11-10-16-27(35)33-26/h7-9,13-14,22-23,25,28H,6,10-12,15-21H2,1-5H3,(H,34,38)/t23-,25+,28-/m1/s1. The minimum Gasteiger partial charge on any atom is -0.344 e. The fourth-order valence-electron chi connectivity index (χ4n) is 5.72. The van der Waals surface area contributed by atoms with Crippen molar-refractivity contribution in [3.63, 3.8) is 0 Å². The molecule has 2 aliphatic rings. The molecule has 1 N–H and O–H groups in total. The number of likely N-dealkylation sites (tertiary alicyclic amines) is 1. The smallest absolute Gasteiger partial charge is 0.274 e. The van der Waals surface area contributed by atoms with E-state index in [0.717, 1.165) is 57.3 Å². The molecule has 2 aromatic rings. The van der Waals surface area contributed by atoms with Crippen LogP contribution in [0.1, 0.15) is 88.6 Å². The maximum atomic E-state index is 14.0. The molecule has 3 amide bonds. The maximum absolute atomic E-state index is 14.0. The minimum absolute atomic E-state index is 0.0560. The Balaban J connectivity index is 1.54. The average Bonchev–Trinajstić information content (AvgIpc) is 3.59. The number of benzene rings is 1. The van der Waals surface area contributed by atoms with Crippen molar-refractivity contribution in [1.82, 2.24) is 24.7 Å². The van der Waals surface area contributed by atoms with Gasteiger partial charge in [-0.25, -0.2) is 4.98 Å². The fraction of sp³-hybridized carbons (Fsp3) is 0.625. The van der Waals surface area contributed by atoms with Crippen molar-refractivity contribution in [3.05, 3.63) is 53.6 Å². The average molecular weight is 550 g/mol. The third-order valence-electron chi connectivity index (χ3n) is 8.48. The summed E-state index contributed by atoms with van der Waals surface area (Å²) in [7, 11) is 0. The molecule has 0 radical (unpaired) electrons. The van der Waals surface area contributed by atoms with E-state index in [1.807, 2.05) is 68.8 Å². The predicted molar refractivity (Wildman–Crippen MR) is 157 cm³/mol. The van der Waals surface area contributed by atoms with Gasteiger partial charge in [-0.1, -0.05) is 65.0 Å². The zero-order valence-electron chi connectivity index (χ0n) is 25.0. The quantitative estimate of drug-likeness (QED) is 0.474. The van der Waals surface area contributed by atoms with E-state index in [1.54, 1.807) is 0 Å². The topological polar surface area (TPSA) is 87.5 Å². The Bertz CT molecular complexity index is 1150. The highest BCUT2D eigenvalue weighted by molar-refractivity contribution is 5.92. The summed E-state index contributed by atoms with van der Waals surface area (Å²) < 4.78 is 2.12. The van der Waals surface area contributed by atoms with E-state index in [1.165, 1.54) is 5.56 Å². The lowest BCUT2D eigenvalue weighted by Crippen LogP contribution is -2.57. The number of nitrogens with one attached hydrogen (secondary N) is 1. The number of aryl methyl sites for hydroxylation is 2. The molecular formula is C32H47N5O3. The molecular weight excluding hydrogens is 502 g/mol. The van der Waals surface area contributed by atoms with Gasteiger partial charge in [-0.15, -0.1) is 0 Å². The first-order valence-electron chi connectivity index (χ1n) is 15.1. The highest BCUT2D eigenvalue weighted by Crippen LogP contribution is 2.27. The molecule has 1 fully saturated rings. The van der Waals surface area contributed by atoms with E-state index in [2.05, 4.69) is 22.0 Å². The maximum Gasteiger partial charge on any atom is 0.274 e. The van der Waals surface area contributed by atoms with Gasteiger partial charge in [0.05, 0.1) is 0 Å². The van der Waals surface area contributed by atoms with E-state index < -0.39 is 11.5 Å². The van der Waals surface area contributed by atoms with Crippen molar-refractivity contribution in [2.75, 3.05) is 19.6 Å². The number of hydrogen-bond donors (Lipinski definition) is 1. The van der Waals surface area contributed by atoms with Gasteiger partial charge in [-0.05, 0) is 49.5 Å². The van der Waals surface area contributed by atoms with Gasteiger partial charge in [-0.2, -0.15) is 0 Å². The van der Waals surface area contributed by atoms with E-state index >= 15 is 0 Å². The molecule has 1 aromatic carbocycles. The van der Waals surface area contributed by atoms with Crippen LogP contribution in [0.25, 0.3) is 0 Å². The first-order valence-corrected chi connectivity index (χ1v) is 15.1. The first-order chi connectivity index (χ1) is 19.1. The van der Waals surface area contributed by atoms with E-state index in [-0.39, 0.29) is 29.7 Å². The van der Waals surface area contributed by atoms with Crippen LogP contribution < -0.4 is 5.32 Å². The SMILES string of the molecule is CC[C@@H](C)C(=O)N[C@H](C(=O)N1CCC[C@H]1CN(CCc1ccccc1)C(=O)c1cn2c(n1)CCCC2)C(C)(C)C. The lowest BCUT2D eigenvalue weighted by atomic mass is 9.85. The minimum atomic E-state index is -0.622. The number of fused-ring (bicyclic) bond motifs is 1. The van der Waals surface area contributed by atoms with Gasteiger partial charge in [0.1, 0.15) is 17.6 Å². The summed E-state index contributed by atoms with van der Waals surface area (Å²) in [5.41, 5.74) is 1.23. The fourth-order valence-corrected chi connectivity index (χ4v) is 5.72. The molecule has 0 aliphatic carbocycles. The normalized spacial score (nSPS) is 18.6. The van der Waals surface area contributed by atoms with Crippen LogP contribution >= 0.6 is 0 Å². The van der Waals surface area contributed by atoms with Gasteiger partial charge in [0.15, 0.2) is 0 Å². The second-order valence-corrected chi connectivity index (χ2v) is 12.6. The molecule has 1 saturated heterocycles. The van der Waals surface area contributed by atoms with Crippen LogP contribution in [-0.4, -0.2) is 68.8 Å². The molecule has 40 heavy (non-hydrogen) atoms. The predicted octanol–water partition coefficient (Wildman–Crippen LogP) is 4.47. The molecule has 2 aliphatic heterocycles. The highest BCUT2D eigenvalue weighted by atomic mass is 16.2. The number of hydrogen-bond acceptors (Lipinski definition) is 4. The largest absolute Gasteiger partial charge is 0.344 e. The third kappa shape index (κ3) is 7.12. The molecule has 8 heteroatoms. The summed E-state index contributed by atoms with van der Waals surface area (Å²) in [5.74, 6) is 0.614. The summed E-state index contributed by atoms with van der Waals surface area (Å²) in [5, 5.41) is 3.06. The van der Waals surface area contributed by atoms with Gasteiger partial charge >= 0.3 is 0 Å². The first kappa shape index (κ1) is 29.8. The van der Waals surface area contributed by atoms with Crippen molar-refractivity contribution in [1.29, 1.82) is 0 Å². The third-order valence-corrected chi connectivity index (χ3v) is 8.48. The van der Waals surface area contributed by atoms with Crippen molar-refractivity contribution in [2.45, 2.75) is 98.2 Å². The number of carbonyl (C=O) groups is 3. The van der Waals surface area contributed by atoms with Crippen LogP contribution in [0.5, 0.6) is 0 Å². The Labute approximate surface area is 239 Å².